The highest BCUT2D eigenvalue weighted by molar-refractivity contribution is 6.33. The van der Waals surface area contributed by atoms with Crippen LogP contribution in [0.25, 0.3) is 0 Å². The van der Waals surface area contributed by atoms with Crippen LogP contribution >= 0.6 is 11.6 Å². The van der Waals surface area contributed by atoms with Crippen molar-refractivity contribution < 1.29 is 24.9 Å². The summed E-state index contributed by atoms with van der Waals surface area (Å²) in [6.45, 7) is 8.90. The molecule has 1 saturated heterocycles. The molecule has 0 amide bonds. The Kier molecular flexibility index (Phi) is 5.87. The van der Waals surface area contributed by atoms with Gasteiger partial charge in [-0.25, -0.2) is 0 Å². The summed E-state index contributed by atoms with van der Waals surface area (Å²) >= 11 is 6.34. The maximum atomic E-state index is 13.1. The first kappa shape index (κ1) is 21.9. The zero-order valence-corrected chi connectivity index (χ0v) is 18.3. The number of aliphatic hydroxyl groups is 1. The predicted octanol–water partition coefficient (Wildman–Crippen LogP) is 4.68. The molecule has 3 rings (SSSR count). The molecule has 0 radical (unpaired) electrons. The average Bonchev–Trinajstić information content (AvgIpc) is 2.89. The smallest absolute Gasteiger partial charge is 0.173 e. The van der Waals surface area contributed by atoms with E-state index in [0.717, 1.165) is 24.0 Å². The first-order chi connectivity index (χ1) is 13.5. The van der Waals surface area contributed by atoms with Crippen LogP contribution in [0.5, 0.6) is 11.5 Å². The molecule has 0 aromatic heterocycles. The van der Waals surface area contributed by atoms with Crippen LogP contribution in [0.1, 0.15) is 63.3 Å². The number of carbonyl (C=O) groups excluding carboxylic acids is 1. The number of allylic oxidation sites excluding steroid dienone is 3. The zero-order chi connectivity index (χ0) is 21.7. The van der Waals surface area contributed by atoms with E-state index in [-0.39, 0.29) is 39.9 Å². The SMILES string of the molecule is CC1=CCc2c(O)c(Cl)c(C)c(c2O)C(O)C2C(=O)C(C)(C)OC2C(C)=CCC1. The monoisotopic (exact) mass is 420 g/mol. The minimum atomic E-state index is -1.32. The van der Waals surface area contributed by atoms with Crippen molar-refractivity contribution in [3.05, 3.63) is 45.0 Å². The Balaban J connectivity index is 2.27. The molecule has 2 bridgehead atoms. The van der Waals surface area contributed by atoms with Crippen molar-refractivity contribution in [1.29, 1.82) is 0 Å². The molecule has 1 heterocycles. The summed E-state index contributed by atoms with van der Waals surface area (Å²) < 4.78 is 6.06. The number of ketones is 1. The van der Waals surface area contributed by atoms with E-state index in [1.54, 1.807) is 20.8 Å². The highest BCUT2D eigenvalue weighted by Gasteiger charge is 2.53. The fourth-order valence-electron chi connectivity index (χ4n) is 4.31. The molecule has 0 spiro atoms. The van der Waals surface area contributed by atoms with E-state index in [1.807, 2.05) is 26.0 Å². The molecule has 3 atom stereocenters. The fraction of sp³-hybridized carbons (Fsp3) is 0.522. The molecular weight excluding hydrogens is 392 g/mol. The second-order valence-corrected chi connectivity index (χ2v) is 9.03. The number of hydrogen-bond acceptors (Lipinski definition) is 5. The standard InChI is InChI=1S/C23H29ClO5/c1-11-7-6-8-12(2)21-16(22(28)23(4,5)29-21)20(27)15-13(3)17(24)19(26)14(10-9-11)18(15)25/h8-9,16,20-21,25-27H,6-7,10H2,1-5H3. The molecule has 1 fully saturated rings. The third-order valence-corrected chi connectivity index (χ3v) is 6.62. The Morgan fingerprint density at radius 1 is 1.14 bits per heavy atom. The summed E-state index contributed by atoms with van der Waals surface area (Å²) in [5.74, 6) is -1.53. The molecule has 29 heavy (non-hydrogen) atoms. The highest BCUT2D eigenvalue weighted by atomic mass is 35.5. The van der Waals surface area contributed by atoms with Crippen LogP contribution in [0.2, 0.25) is 5.02 Å². The number of aromatic hydroxyl groups is 2. The number of carbonyl (C=O) groups is 1. The lowest BCUT2D eigenvalue weighted by atomic mass is 9.80. The number of hydrogen-bond donors (Lipinski definition) is 3. The second-order valence-electron chi connectivity index (χ2n) is 8.65. The Labute approximate surface area is 176 Å². The normalized spacial score (nSPS) is 27.3. The molecule has 158 valence electrons. The van der Waals surface area contributed by atoms with E-state index in [2.05, 4.69) is 0 Å². The maximum Gasteiger partial charge on any atom is 0.173 e. The van der Waals surface area contributed by atoms with Crippen molar-refractivity contribution in [2.45, 2.75) is 71.7 Å². The number of phenolic OH excluding ortho intramolecular Hbond substituents is 2. The number of phenols is 2. The van der Waals surface area contributed by atoms with Crippen molar-refractivity contribution >= 4 is 17.4 Å². The number of benzene rings is 1. The van der Waals surface area contributed by atoms with Crippen molar-refractivity contribution in [1.82, 2.24) is 0 Å². The van der Waals surface area contributed by atoms with Gasteiger partial charge >= 0.3 is 0 Å². The summed E-state index contributed by atoms with van der Waals surface area (Å²) in [6, 6.07) is 0. The minimum absolute atomic E-state index is 0.0715. The summed E-state index contributed by atoms with van der Waals surface area (Å²) in [4.78, 5) is 13.1. The van der Waals surface area contributed by atoms with Gasteiger partial charge in [-0.2, -0.15) is 0 Å². The molecule has 1 aromatic rings. The third-order valence-electron chi connectivity index (χ3n) is 6.16. The van der Waals surface area contributed by atoms with Crippen molar-refractivity contribution in [3.63, 3.8) is 0 Å². The molecule has 1 aliphatic heterocycles. The van der Waals surface area contributed by atoms with Crippen LogP contribution in [-0.4, -0.2) is 32.8 Å². The summed E-state index contributed by atoms with van der Waals surface area (Å²) in [5.41, 5.74) is 1.70. The number of Topliss-reactive ketones (excluding diaryl/α,β-unsaturated/α-hetero) is 1. The van der Waals surface area contributed by atoms with Gasteiger partial charge in [-0.1, -0.05) is 29.3 Å². The maximum absolute atomic E-state index is 13.1. The van der Waals surface area contributed by atoms with Gasteiger partial charge in [0.15, 0.2) is 5.78 Å². The molecule has 2 aliphatic rings. The van der Waals surface area contributed by atoms with E-state index in [1.165, 1.54) is 0 Å². The summed E-state index contributed by atoms with van der Waals surface area (Å²) in [6.07, 6.45) is 3.89. The summed E-state index contributed by atoms with van der Waals surface area (Å²) in [7, 11) is 0. The van der Waals surface area contributed by atoms with E-state index in [9.17, 15) is 20.1 Å². The van der Waals surface area contributed by atoms with Gasteiger partial charge in [-0.15, -0.1) is 0 Å². The molecule has 5 nitrogen and oxygen atoms in total. The lowest BCUT2D eigenvalue weighted by molar-refractivity contribution is -0.132. The van der Waals surface area contributed by atoms with Gasteiger partial charge in [0.2, 0.25) is 0 Å². The van der Waals surface area contributed by atoms with Gasteiger partial charge in [-0.05, 0) is 65.0 Å². The second kappa shape index (κ2) is 7.78. The first-order valence-electron chi connectivity index (χ1n) is 9.92. The predicted molar refractivity (Wildman–Crippen MR) is 112 cm³/mol. The molecule has 6 heteroatoms. The van der Waals surface area contributed by atoms with Crippen LogP contribution in [0.15, 0.2) is 23.3 Å². The van der Waals surface area contributed by atoms with Gasteiger partial charge in [-0.3, -0.25) is 4.79 Å². The van der Waals surface area contributed by atoms with Crippen LogP contribution in [0.3, 0.4) is 0 Å². The quantitative estimate of drug-likeness (QED) is 0.530. The van der Waals surface area contributed by atoms with Crippen molar-refractivity contribution in [3.8, 4) is 11.5 Å². The number of halogens is 1. The first-order valence-corrected chi connectivity index (χ1v) is 10.3. The van der Waals surface area contributed by atoms with Gasteiger partial charge in [0.25, 0.3) is 0 Å². The summed E-state index contributed by atoms with van der Waals surface area (Å²) in [5, 5.41) is 32.9. The lowest BCUT2D eigenvalue weighted by Crippen LogP contribution is -2.33. The molecule has 3 N–H and O–H groups in total. The van der Waals surface area contributed by atoms with Crippen molar-refractivity contribution in [2.24, 2.45) is 5.92 Å². The van der Waals surface area contributed by atoms with Crippen LogP contribution < -0.4 is 0 Å². The number of fused-ring (bicyclic) bond motifs is 3. The van der Waals surface area contributed by atoms with Crippen LogP contribution in [0.4, 0.5) is 0 Å². The third kappa shape index (κ3) is 3.72. The van der Waals surface area contributed by atoms with Crippen LogP contribution in [0, 0.1) is 12.8 Å². The Morgan fingerprint density at radius 3 is 2.45 bits per heavy atom. The van der Waals surface area contributed by atoms with Gasteiger partial charge in [0.05, 0.1) is 23.1 Å². The van der Waals surface area contributed by atoms with Gasteiger partial charge in [0.1, 0.15) is 17.1 Å². The molecular formula is C23H29ClO5. The van der Waals surface area contributed by atoms with Crippen molar-refractivity contribution in [2.75, 3.05) is 0 Å². The topological polar surface area (TPSA) is 87.0 Å². The van der Waals surface area contributed by atoms with Gasteiger partial charge in [0, 0.05) is 11.1 Å². The molecule has 1 aromatic carbocycles. The molecule has 1 aliphatic carbocycles. The van der Waals surface area contributed by atoms with E-state index in [0.29, 0.717) is 5.56 Å². The van der Waals surface area contributed by atoms with Crippen LogP contribution in [-0.2, 0) is 16.0 Å². The number of rotatable bonds is 0. The zero-order valence-electron chi connectivity index (χ0n) is 17.5. The number of aliphatic hydroxyl groups excluding tert-OH is 1. The molecule has 0 saturated carbocycles. The van der Waals surface area contributed by atoms with Gasteiger partial charge < -0.3 is 20.1 Å². The average molecular weight is 421 g/mol. The van der Waals surface area contributed by atoms with E-state index >= 15 is 0 Å². The fourth-order valence-corrected chi connectivity index (χ4v) is 4.53. The Morgan fingerprint density at radius 2 is 1.79 bits per heavy atom. The Bertz CT molecular complexity index is 913. The Hall–Kier alpha value is -1.82. The largest absolute Gasteiger partial charge is 0.507 e. The van der Waals surface area contributed by atoms with E-state index in [4.69, 9.17) is 16.3 Å². The lowest BCUT2D eigenvalue weighted by Gasteiger charge is -2.26. The number of ether oxygens (including phenoxy) is 1. The molecule has 3 unspecified atom stereocenters. The highest BCUT2D eigenvalue weighted by Crippen LogP contribution is 2.49. The minimum Gasteiger partial charge on any atom is -0.507 e. The van der Waals surface area contributed by atoms with E-state index < -0.39 is 23.7 Å².